The smallest absolute Gasteiger partial charge is 0.219 e. The van der Waals surface area contributed by atoms with Crippen LogP contribution in [0.5, 0.6) is 0 Å². The molecule has 0 heterocycles. The van der Waals surface area contributed by atoms with Crippen molar-refractivity contribution in [2.45, 2.75) is 32.6 Å². The van der Waals surface area contributed by atoms with Gasteiger partial charge in [-0.2, -0.15) is 0 Å². The maximum atomic E-state index is 12.5. The summed E-state index contributed by atoms with van der Waals surface area (Å²) in [7, 11) is -4.49. The van der Waals surface area contributed by atoms with Crippen LogP contribution < -0.4 is 11.0 Å². The van der Waals surface area contributed by atoms with Gasteiger partial charge in [-0.3, -0.25) is 4.57 Å². The van der Waals surface area contributed by atoms with Crippen molar-refractivity contribution in [1.82, 2.24) is 0 Å². The monoisotopic (exact) mass is 271 g/mol. The second kappa shape index (κ2) is 5.07. The van der Waals surface area contributed by atoms with Gasteiger partial charge in [-0.25, -0.2) is 0 Å². The van der Waals surface area contributed by atoms with Gasteiger partial charge in [0.25, 0.3) is 0 Å². The van der Waals surface area contributed by atoms with Crippen LogP contribution in [0.1, 0.15) is 18.5 Å². The minimum atomic E-state index is -2.70. The highest BCUT2D eigenvalue weighted by Gasteiger charge is 2.27. The zero-order valence-corrected chi connectivity index (χ0v) is 13.1. The second-order valence-electron chi connectivity index (χ2n) is 5.43. The zero-order valence-electron chi connectivity index (χ0n) is 11.2. The van der Waals surface area contributed by atoms with Gasteiger partial charge in [-0.1, -0.05) is 12.1 Å². The number of rotatable bonds is 4. The Balaban J connectivity index is 2.96. The predicted octanol–water partition coefficient (Wildman–Crippen LogP) is 3.09. The van der Waals surface area contributed by atoms with Crippen LogP contribution in [-0.4, -0.2) is 15.0 Å². The average Bonchev–Trinajstić information content (AvgIpc) is 2.14. The lowest BCUT2D eigenvalue weighted by Gasteiger charge is -2.24. The van der Waals surface area contributed by atoms with Gasteiger partial charge in [0.15, 0.2) is 8.32 Å². The van der Waals surface area contributed by atoms with E-state index >= 15 is 0 Å². The highest BCUT2D eigenvalue weighted by molar-refractivity contribution is 7.67. The average molecular weight is 271 g/mol. The molecular weight excluding hydrogens is 249 g/mol. The molecule has 0 spiro atoms. The lowest BCUT2D eigenvalue weighted by atomic mass is 10.1. The molecule has 5 heteroatoms. The SMILES string of the molecule is CC(N)c1ccc(P(C)(=O)O[Si](C)(C)C)cc1. The van der Waals surface area contributed by atoms with E-state index in [1.54, 1.807) is 6.66 Å². The first-order valence-electron chi connectivity index (χ1n) is 5.76. The Kier molecular flexibility index (Phi) is 4.36. The molecule has 0 amide bonds. The fourth-order valence-corrected chi connectivity index (χ4v) is 6.92. The molecule has 3 nitrogen and oxygen atoms in total. The Labute approximate surface area is 105 Å². The quantitative estimate of drug-likeness (QED) is 0.676. The van der Waals surface area contributed by atoms with E-state index in [0.717, 1.165) is 10.9 Å². The molecule has 1 aromatic carbocycles. The summed E-state index contributed by atoms with van der Waals surface area (Å²) in [5.74, 6) is 0. The van der Waals surface area contributed by atoms with E-state index in [-0.39, 0.29) is 6.04 Å². The minimum Gasteiger partial charge on any atom is -0.367 e. The molecule has 0 saturated carbocycles. The van der Waals surface area contributed by atoms with Crippen molar-refractivity contribution in [2.75, 3.05) is 6.66 Å². The topological polar surface area (TPSA) is 52.3 Å². The molecule has 1 rings (SSSR count). The molecule has 0 radical (unpaired) electrons. The van der Waals surface area contributed by atoms with Gasteiger partial charge < -0.3 is 9.95 Å². The third-order valence-electron chi connectivity index (χ3n) is 2.34. The Morgan fingerprint density at radius 1 is 1.24 bits per heavy atom. The number of hydrogen-bond acceptors (Lipinski definition) is 3. The second-order valence-corrected chi connectivity index (χ2v) is 12.6. The molecule has 0 aliphatic rings. The highest BCUT2D eigenvalue weighted by Crippen LogP contribution is 2.44. The Morgan fingerprint density at radius 2 is 1.71 bits per heavy atom. The summed E-state index contributed by atoms with van der Waals surface area (Å²) in [6.07, 6.45) is 0. The Morgan fingerprint density at radius 3 is 2.06 bits per heavy atom. The van der Waals surface area contributed by atoms with Crippen LogP contribution in [0.2, 0.25) is 19.6 Å². The van der Waals surface area contributed by atoms with Crippen molar-refractivity contribution in [3.63, 3.8) is 0 Å². The van der Waals surface area contributed by atoms with E-state index in [9.17, 15) is 4.57 Å². The minimum absolute atomic E-state index is 0.00167. The van der Waals surface area contributed by atoms with Gasteiger partial charge in [0.1, 0.15) is 0 Å². The number of nitrogens with two attached hydrogens (primary N) is 1. The number of benzene rings is 1. The fraction of sp³-hybridized carbons (Fsp3) is 0.500. The van der Waals surface area contributed by atoms with Crippen LogP contribution in [0.25, 0.3) is 0 Å². The van der Waals surface area contributed by atoms with Crippen LogP contribution in [0.4, 0.5) is 0 Å². The van der Waals surface area contributed by atoms with Crippen molar-refractivity contribution in [3.05, 3.63) is 29.8 Å². The summed E-state index contributed by atoms with van der Waals surface area (Å²) in [4.78, 5) is 0. The van der Waals surface area contributed by atoms with E-state index in [1.807, 2.05) is 50.8 Å². The third-order valence-corrected chi connectivity index (χ3v) is 7.16. The normalized spacial score (nSPS) is 17.5. The molecule has 0 fully saturated rings. The summed E-state index contributed by atoms with van der Waals surface area (Å²) in [5, 5.41) is 0.768. The molecule has 0 aromatic heterocycles. The molecule has 2 N–H and O–H groups in total. The third kappa shape index (κ3) is 4.40. The molecule has 17 heavy (non-hydrogen) atoms. The van der Waals surface area contributed by atoms with Gasteiger partial charge in [-0.05, 0) is 44.3 Å². The van der Waals surface area contributed by atoms with E-state index < -0.39 is 15.7 Å². The van der Waals surface area contributed by atoms with E-state index in [1.165, 1.54) is 0 Å². The molecule has 96 valence electrons. The lowest BCUT2D eigenvalue weighted by molar-refractivity contribution is 0.498. The first-order valence-corrected chi connectivity index (χ1v) is 11.2. The molecule has 0 aliphatic heterocycles. The summed E-state index contributed by atoms with van der Waals surface area (Å²) >= 11 is 0. The molecule has 0 saturated heterocycles. The van der Waals surface area contributed by atoms with Crippen LogP contribution in [0.3, 0.4) is 0 Å². The largest absolute Gasteiger partial charge is 0.367 e. The summed E-state index contributed by atoms with van der Waals surface area (Å²) < 4.78 is 18.3. The van der Waals surface area contributed by atoms with E-state index in [4.69, 9.17) is 9.95 Å². The van der Waals surface area contributed by atoms with Crippen LogP contribution in [0, 0.1) is 0 Å². The van der Waals surface area contributed by atoms with Gasteiger partial charge in [0.05, 0.1) is 0 Å². The molecule has 2 atom stereocenters. The Bertz CT molecular complexity index is 423. The highest BCUT2D eigenvalue weighted by atomic mass is 31.2. The molecule has 0 aliphatic carbocycles. The van der Waals surface area contributed by atoms with Gasteiger partial charge in [-0.15, -0.1) is 0 Å². The van der Waals surface area contributed by atoms with Crippen molar-refractivity contribution in [3.8, 4) is 0 Å². The molecule has 2 unspecified atom stereocenters. The molecule has 0 bridgehead atoms. The van der Waals surface area contributed by atoms with E-state index in [0.29, 0.717) is 0 Å². The first-order chi connectivity index (χ1) is 7.62. The summed E-state index contributed by atoms with van der Waals surface area (Å²) in [6, 6.07) is 7.56. The first kappa shape index (κ1) is 14.6. The summed E-state index contributed by atoms with van der Waals surface area (Å²) in [6.45, 7) is 9.74. The van der Waals surface area contributed by atoms with Crippen LogP contribution in [0.15, 0.2) is 24.3 Å². The number of hydrogen-bond donors (Lipinski definition) is 1. The Hall–Kier alpha value is -0.413. The molecule has 1 aromatic rings. The maximum absolute atomic E-state index is 12.5. The lowest BCUT2D eigenvalue weighted by Crippen LogP contribution is -2.26. The fourth-order valence-electron chi connectivity index (χ4n) is 1.62. The van der Waals surface area contributed by atoms with Crippen molar-refractivity contribution in [1.29, 1.82) is 0 Å². The van der Waals surface area contributed by atoms with Crippen molar-refractivity contribution < 1.29 is 8.78 Å². The van der Waals surface area contributed by atoms with Crippen LogP contribution in [-0.2, 0) is 8.78 Å². The summed E-state index contributed by atoms with van der Waals surface area (Å²) in [5.41, 5.74) is 6.82. The van der Waals surface area contributed by atoms with E-state index in [2.05, 4.69) is 0 Å². The molecular formula is C12H22NO2PSi. The maximum Gasteiger partial charge on any atom is 0.219 e. The van der Waals surface area contributed by atoms with Gasteiger partial charge in [0.2, 0.25) is 7.37 Å². The van der Waals surface area contributed by atoms with Crippen molar-refractivity contribution >= 4 is 21.0 Å². The standard InChI is InChI=1S/C12H22NO2PSi/c1-10(13)11-6-8-12(9-7-11)16(2,14)15-17(3,4)5/h6-10H,13H2,1-5H3. The van der Waals surface area contributed by atoms with Gasteiger partial charge >= 0.3 is 0 Å². The zero-order chi connectivity index (χ0) is 13.3. The van der Waals surface area contributed by atoms with Gasteiger partial charge in [0, 0.05) is 18.0 Å². The predicted molar refractivity (Wildman–Crippen MR) is 76.6 cm³/mol. The van der Waals surface area contributed by atoms with Crippen LogP contribution >= 0.6 is 7.37 Å². The van der Waals surface area contributed by atoms with Crippen molar-refractivity contribution in [2.24, 2.45) is 5.73 Å².